The van der Waals surface area contributed by atoms with Crippen molar-refractivity contribution in [2.75, 3.05) is 13.1 Å². The molecule has 4 rings (SSSR count). The molecule has 26 heavy (non-hydrogen) atoms. The molecule has 140 valence electrons. The highest BCUT2D eigenvalue weighted by molar-refractivity contribution is 5.25. The van der Waals surface area contributed by atoms with Gasteiger partial charge in [-0.25, -0.2) is 9.07 Å². The van der Waals surface area contributed by atoms with E-state index in [4.69, 9.17) is 0 Å². The molecule has 0 bridgehead atoms. The van der Waals surface area contributed by atoms with Gasteiger partial charge in [0.1, 0.15) is 5.82 Å². The average molecular weight is 357 g/mol. The molecule has 1 unspecified atom stereocenters. The van der Waals surface area contributed by atoms with Crippen molar-refractivity contribution in [3.05, 3.63) is 41.5 Å². The lowest BCUT2D eigenvalue weighted by Crippen LogP contribution is -2.33. The summed E-state index contributed by atoms with van der Waals surface area (Å²) in [6.07, 6.45) is 11.0. The van der Waals surface area contributed by atoms with Gasteiger partial charge < -0.3 is 0 Å². The first-order chi connectivity index (χ1) is 12.8. The lowest BCUT2D eigenvalue weighted by Gasteiger charge is -2.32. The molecule has 1 aromatic carbocycles. The minimum atomic E-state index is -0.199. The molecule has 0 amide bonds. The molecule has 1 aliphatic carbocycles. The third kappa shape index (κ3) is 3.80. The van der Waals surface area contributed by atoms with Crippen molar-refractivity contribution < 1.29 is 4.39 Å². The molecular weight excluding hydrogens is 329 g/mol. The summed E-state index contributed by atoms with van der Waals surface area (Å²) in [6, 6.07) is 7.29. The van der Waals surface area contributed by atoms with Crippen LogP contribution in [0.5, 0.6) is 0 Å². The van der Waals surface area contributed by atoms with Gasteiger partial charge in [-0.15, -0.1) is 5.10 Å². The number of halogens is 1. The lowest BCUT2D eigenvalue weighted by atomic mass is 9.95. The molecule has 2 fully saturated rings. The summed E-state index contributed by atoms with van der Waals surface area (Å²) in [5, 5.41) is 12.9. The molecule has 2 aliphatic rings. The topological polar surface area (TPSA) is 46.8 Å². The Morgan fingerprint density at radius 3 is 2.23 bits per heavy atom. The molecule has 2 aromatic rings. The van der Waals surface area contributed by atoms with Crippen molar-refractivity contribution in [3.8, 4) is 0 Å². The summed E-state index contributed by atoms with van der Waals surface area (Å²) in [7, 11) is 0. The van der Waals surface area contributed by atoms with Crippen LogP contribution in [0.3, 0.4) is 0 Å². The number of hydrogen-bond acceptors (Lipinski definition) is 4. The van der Waals surface area contributed by atoms with Crippen LogP contribution in [0.15, 0.2) is 24.3 Å². The van der Waals surface area contributed by atoms with Crippen LogP contribution in [-0.2, 0) is 0 Å². The van der Waals surface area contributed by atoms with Gasteiger partial charge in [0, 0.05) is 0 Å². The largest absolute Gasteiger partial charge is 0.290 e. The second-order valence-electron chi connectivity index (χ2n) is 7.68. The van der Waals surface area contributed by atoms with E-state index in [0.29, 0.717) is 6.04 Å². The predicted molar refractivity (Wildman–Crippen MR) is 98.2 cm³/mol. The summed E-state index contributed by atoms with van der Waals surface area (Å²) >= 11 is 0. The van der Waals surface area contributed by atoms with Gasteiger partial charge in [0.2, 0.25) is 0 Å². The van der Waals surface area contributed by atoms with E-state index >= 15 is 0 Å². The smallest absolute Gasteiger partial charge is 0.173 e. The normalized spacial score (nSPS) is 21.4. The predicted octanol–water partition coefficient (Wildman–Crippen LogP) is 4.28. The highest BCUT2D eigenvalue weighted by Crippen LogP contribution is 2.34. The second kappa shape index (κ2) is 8.25. The Kier molecular flexibility index (Phi) is 5.58. The molecule has 0 radical (unpaired) electrons. The summed E-state index contributed by atoms with van der Waals surface area (Å²) in [5.74, 6) is 0.723. The monoisotopic (exact) mass is 357 g/mol. The van der Waals surface area contributed by atoms with Crippen LogP contribution in [0, 0.1) is 5.82 Å². The Morgan fingerprint density at radius 1 is 0.885 bits per heavy atom. The van der Waals surface area contributed by atoms with Gasteiger partial charge in [-0.05, 0) is 66.9 Å². The number of likely N-dealkylation sites (tertiary alicyclic amines) is 1. The Morgan fingerprint density at radius 2 is 1.54 bits per heavy atom. The van der Waals surface area contributed by atoms with E-state index in [-0.39, 0.29) is 11.9 Å². The van der Waals surface area contributed by atoms with E-state index < -0.39 is 0 Å². The number of hydrogen-bond donors (Lipinski definition) is 0. The molecule has 1 saturated carbocycles. The standard InChI is InChI=1S/C20H28FN5/c21-17-12-10-16(11-13-17)19(25-14-6-1-2-7-15-25)20-22-23-24-26(20)18-8-4-3-5-9-18/h10-13,18-19H,1-9,14-15H2. The quantitative estimate of drug-likeness (QED) is 0.819. The van der Waals surface area contributed by atoms with Gasteiger partial charge in [0.05, 0.1) is 12.1 Å². The molecule has 1 saturated heterocycles. The Balaban J connectivity index is 1.70. The molecule has 0 spiro atoms. The van der Waals surface area contributed by atoms with Crippen LogP contribution in [0.25, 0.3) is 0 Å². The van der Waals surface area contributed by atoms with E-state index in [2.05, 4.69) is 25.1 Å². The fraction of sp³-hybridized carbons (Fsp3) is 0.650. The van der Waals surface area contributed by atoms with Gasteiger partial charge in [-0.3, -0.25) is 4.90 Å². The Labute approximate surface area is 154 Å². The molecule has 0 N–H and O–H groups in total. The minimum absolute atomic E-state index is 0.00521. The maximum Gasteiger partial charge on any atom is 0.173 e. The molecule has 2 heterocycles. The minimum Gasteiger partial charge on any atom is -0.290 e. The number of rotatable bonds is 4. The van der Waals surface area contributed by atoms with E-state index in [9.17, 15) is 4.39 Å². The number of benzene rings is 1. The molecule has 1 atom stereocenters. The van der Waals surface area contributed by atoms with E-state index in [1.807, 2.05) is 12.1 Å². The van der Waals surface area contributed by atoms with Crippen molar-refractivity contribution in [2.24, 2.45) is 0 Å². The zero-order valence-electron chi connectivity index (χ0n) is 15.4. The van der Waals surface area contributed by atoms with Crippen LogP contribution in [0.1, 0.15) is 81.3 Å². The highest BCUT2D eigenvalue weighted by Gasteiger charge is 2.31. The second-order valence-corrected chi connectivity index (χ2v) is 7.68. The van der Waals surface area contributed by atoms with Gasteiger partial charge in [0.25, 0.3) is 0 Å². The highest BCUT2D eigenvalue weighted by atomic mass is 19.1. The molecule has 6 heteroatoms. The van der Waals surface area contributed by atoms with Crippen molar-refractivity contribution >= 4 is 0 Å². The molecular formula is C20H28FN5. The summed E-state index contributed by atoms with van der Waals surface area (Å²) in [5.41, 5.74) is 1.08. The first kappa shape index (κ1) is 17.6. The van der Waals surface area contributed by atoms with Gasteiger partial charge in [-0.1, -0.05) is 44.2 Å². The maximum absolute atomic E-state index is 13.5. The Hall–Kier alpha value is -1.82. The van der Waals surface area contributed by atoms with Crippen LogP contribution >= 0.6 is 0 Å². The van der Waals surface area contributed by atoms with Gasteiger partial charge in [0.15, 0.2) is 5.82 Å². The summed E-state index contributed by atoms with van der Waals surface area (Å²) in [4.78, 5) is 2.49. The van der Waals surface area contributed by atoms with Crippen molar-refractivity contribution in [2.45, 2.75) is 69.9 Å². The molecule has 1 aromatic heterocycles. The zero-order chi connectivity index (χ0) is 17.8. The van der Waals surface area contributed by atoms with E-state index in [1.165, 1.54) is 44.9 Å². The third-order valence-corrected chi connectivity index (χ3v) is 5.87. The van der Waals surface area contributed by atoms with Crippen LogP contribution in [0.4, 0.5) is 4.39 Å². The average Bonchev–Trinajstić information content (AvgIpc) is 3.00. The van der Waals surface area contributed by atoms with Crippen molar-refractivity contribution in [1.82, 2.24) is 25.1 Å². The fourth-order valence-corrected chi connectivity index (χ4v) is 4.49. The van der Waals surface area contributed by atoms with E-state index in [0.717, 1.165) is 37.3 Å². The summed E-state index contributed by atoms with van der Waals surface area (Å²) < 4.78 is 15.6. The van der Waals surface area contributed by atoms with Crippen molar-refractivity contribution in [1.29, 1.82) is 0 Å². The van der Waals surface area contributed by atoms with E-state index in [1.54, 1.807) is 12.1 Å². The van der Waals surface area contributed by atoms with Gasteiger partial charge >= 0.3 is 0 Å². The number of nitrogens with zero attached hydrogens (tertiary/aromatic N) is 5. The first-order valence-corrected chi connectivity index (χ1v) is 10.1. The molecule has 5 nitrogen and oxygen atoms in total. The SMILES string of the molecule is Fc1ccc(C(c2nnnn2C2CCCCC2)N2CCCCCC2)cc1. The van der Waals surface area contributed by atoms with Crippen LogP contribution < -0.4 is 0 Å². The molecule has 1 aliphatic heterocycles. The third-order valence-electron chi connectivity index (χ3n) is 5.87. The zero-order valence-corrected chi connectivity index (χ0v) is 15.4. The maximum atomic E-state index is 13.5. The Bertz CT molecular complexity index is 684. The van der Waals surface area contributed by atoms with Crippen LogP contribution in [0.2, 0.25) is 0 Å². The lowest BCUT2D eigenvalue weighted by molar-refractivity contribution is 0.211. The first-order valence-electron chi connectivity index (χ1n) is 10.1. The van der Waals surface area contributed by atoms with Crippen LogP contribution in [-0.4, -0.2) is 38.2 Å². The number of aromatic nitrogens is 4. The fourth-order valence-electron chi connectivity index (χ4n) is 4.49. The summed E-state index contributed by atoms with van der Waals surface area (Å²) in [6.45, 7) is 2.08. The number of tetrazole rings is 1. The van der Waals surface area contributed by atoms with Crippen molar-refractivity contribution in [3.63, 3.8) is 0 Å². The van der Waals surface area contributed by atoms with Gasteiger partial charge in [-0.2, -0.15) is 0 Å².